The van der Waals surface area contributed by atoms with Crippen LogP contribution in [0.1, 0.15) is 35.2 Å². The Morgan fingerprint density at radius 2 is 1.96 bits per heavy atom. The zero-order chi connectivity index (χ0) is 17.7. The van der Waals surface area contributed by atoms with E-state index >= 15 is 0 Å². The molecule has 0 radical (unpaired) electrons. The van der Waals surface area contributed by atoms with E-state index < -0.39 is 4.92 Å². The Kier molecular flexibility index (Phi) is 5.47. The molecule has 0 fully saturated rings. The molecule has 1 atom stereocenters. The van der Waals surface area contributed by atoms with Gasteiger partial charge in [0.1, 0.15) is 0 Å². The first kappa shape index (κ1) is 17.4. The SMILES string of the molecule is Cc1ccc(C)c([C@@H](C)NC(=O)/C=C/c2cccc([N+](=O)[O-])c2)c1. The molecule has 0 saturated carbocycles. The van der Waals surface area contributed by atoms with E-state index in [1.807, 2.05) is 32.9 Å². The van der Waals surface area contributed by atoms with E-state index in [2.05, 4.69) is 11.4 Å². The third kappa shape index (κ3) is 4.52. The molecule has 0 saturated heterocycles. The van der Waals surface area contributed by atoms with Crippen LogP contribution in [0.5, 0.6) is 0 Å². The molecule has 0 aliphatic carbocycles. The smallest absolute Gasteiger partial charge is 0.270 e. The normalized spacial score (nSPS) is 12.1. The fourth-order valence-electron chi connectivity index (χ4n) is 2.48. The number of amides is 1. The van der Waals surface area contributed by atoms with Gasteiger partial charge in [0.25, 0.3) is 5.69 Å². The average Bonchev–Trinajstić information content (AvgIpc) is 2.55. The molecule has 124 valence electrons. The van der Waals surface area contributed by atoms with Gasteiger partial charge in [-0.1, -0.05) is 35.9 Å². The number of carbonyl (C=O) groups excluding carboxylic acids is 1. The van der Waals surface area contributed by atoms with Gasteiger partial charge in [0.2, 0.25) is 5.91 Å². The van der Waals surface area contributed by atoms with Crippen molar-refractivity contribution in [1.82, 2.24) is 5.32 Å². The molecule has 0 aliphatic heterocycles. The Morgan fingerprint density at radius 3 is 2.67 bits per heavy atom. The van der Waals surface area contributed by atoms with Crippen molar-refractivity contribution in [3.63, 3.8) is 0 Å². The van der Waals surface area contributed by atoms with E-state index in [9.17, 15) is 14.9 Å². The Balaban J connectivity index is 2.06. The Labute approximate surface area is 141 Å². The maximum absolute atomic E-state index is 12.1. The lowest BCUT2D eigenvalue weighted by molar-refractivity contribution is -0.384. The van der Waals surface area contributed by atoms with E-state index in [0.29, 0.717) is 5.56 Å². The number of nitrogens with zero attached hydrogens (tertiary/aromatic N) is 1. The Bertz CT molecular complexity index is 797. The van der Waals surface area contributed by atoms with Gasteiger partial charge in [-0.2, -0.15) is 0 Å². The van der Waals surface area contributed by atoms with Gasteiger partial charge in [0.05, 0.1) is 11.0 Å². The van der Waals surface area contributed by atoms with E-state index in [0.717, 1.165) is 16.7 Å². The molecule has 1 N–H and O–H groups in total. The van der Waals surface area contributed by atoms with Crippen LogP contribution in [0, 0.1) is 24.0 Å². The van der Waals surface area contributed by atoms with Gasteiger partial charge in [-0.25, -0.2) is 0 Å². The number of hydrogen-bond acceptors (Lipinski definition) is 3. The van der Waals surface area contributed by atoms with Crippen molar-refractivity contribution in [3.8, 4) is 0 Å². The molecule has 0 bridgehead atoms. The largest absolute Gasteiger partial charge is 0.346 e. The number of nitro groups is 1. The van der Waals surface area contributed by atoms with Crippen LogP contribution in [0.2, 0.25) is 0 Å². The van der Waals surface area contributed by atoms with Gasteiger partial charge in [0, 0.05) is 18.2 Å². The number of hydrogen-bond donors (Lipinski definition) is 1. The van der Waals surface area contributed by atoms with Crippen LogP contribution in [-0.4, -0.2) is 10.8 Å². The zero-order valence-electron chi connectivity index (χ0n) is 13.9. The van der Waals surface area contributed by atoms with Crippen LogP contribution < -0.4 is 5.32 Å². The third-order valence-corrected chi connectivity index (χ3v) is 3.77. The van der Waals surface area contributed by atoms with E-state index in [-0.39, 0.29) is 17.6 Å². The van der Waals surface area contributed by atoms with Crippen LogP contribution in [0.25, 0.3) is 6.08 Å². The molecular weight excluding hydrogens is 304 g/mol. The summed E-state index contributed by atoms with van der Waals surface area (Å²) in [5.74, 6) is -0.241. The van der Waals surface area contributed by atoms with Crippen LogP contribution in [0.3, 0.4) is 0 Å². The van der Waals surface area contributed by atoms with Crippen molar-refractivity contribution in [2.45, 2.75) is 26.8 Å². The highest BCUT2D eigenvalue weighted by atomic mass is 16.6. The summed E-state index contributed by atoms with van der Waals surface area (Å²) in [6.07, 6.45) is 2.96. The summed E-state index contributed by atoms with van der Waals surface area (Å²) in [7, 11) is 0. The van der Waals surface area contributed by atoms with Gasteiger partial charge >= 0.3 is 0 Å². The fourth-order valence-corrected chi connectivity index (χ4v) is 2.48. The molecule has 24 heavy (non-hydrogen) atoms. The van der Waals surface area contributed by atoms with Crippen molar-refractivity contribution in [3.05, 3.63) is 80.9 Å². The highest BCUT2D eigenvalue weighted by molar-refractivity contribution is 5.92. The van der Waals surface area contributed by atoms with Crippen LogP contribution in [0.4, 0.5) is 5.69 Å². The molecule has 0 heterocycles. The molecule has 5 heteroatoms. The number of nitro benzene ring substituents is 1. The molecule has 2 rings (SSSR count). The number of rotatable bonds is 5. The summed E-state index contributed by atoms with van der Waals surface area (Å²) in [4.78, 5) is 22.4. The van der Waals surface area contributed by atoms with E-state index in [1.54, 1.807) is 18.2 Å². The quantitative estimate of drug-likeness (QED) is 0.511. The second kappa shape index (κ2) is 7.55. The molecule has 1 amide bonds. The number of aryl methyl sites for hydroxylation is 2. The first-order valence-corrected chi connectivity index (χ1v) is 7.67. The van der Waals surface area contributed by atoms with Crippen molar-refractivity contribution in [2.75, 3.05) is 0 Å². The Morgan fingerprint density at radius 1 is 1.21 bits per heavy atom. The standard InChI is InChI=1S/C19H20N2O3/c1-13-7-8-14(2)18(11-13)15(3)20-19(22)10-9-16-5-4-6-17(12-16)21(23)24/h4-12,15H,1-3H3,(H,20,22)/b10-9+/t15-/m1/s1. The number of nitrogens with one attached hydrogen (secondary N) is 1. The number of benzene rings is 2. The molecule has 2 aromatic rings. The lowest BCUT2D eigenvalue weighted by Gasteiger charge is -2.16. The van der Waals surface area contributed by atoms with Crippen molar-refractivity contribution >= 4 is 17.7 Å². The predicted molar refractivity (Wildman–Crippen MR) is 94.6 cm³/mol. The lowest BCUT2D eigenvalue weighted by Crippen LogP contribution is -2.25. The first-order valence-electron chi connectivity index (χ1n) is 7.67. The number of non-ortho nitro benzene ring substituents is 1. The molecule has 5 nitrogen and oxygen atoms in total. The molecule has 0 spiro atoms. The van der Waals surface area contributed by atoms with Gasteiger partial charge in [-0.15, -0.1) is 0 Å². The molecule has 0 aromatic heterocycles. The van der Waals surface area contributed by atoms with Crippen molar-refractivity contribution in [1.29, 1.82) is 0 Å². The third-order valence-electron chi connectivity index (χ3n) is 3.77. The van der Waals surface area contributed by atoms with Gasteiger partial charge in [-0.05, 0) is 43.5 Å². The minimum atomic E-state index is -0.458. The predicted octanol–water partition coefficient (Wildman–Crippen LogP) is 4.10. The minimum absolute atomic E-state index is 0.00121. The summed E-state index contributed by atoms with van der Waals surface area (Å²) in [5, 5.41) is 13.7. The van der Waals surface area contributed by atoms with Gasteiger partial charge < -0.3 is 5.32 Å². The second-order valence-electron chi connectivity index (χ2n) is 5.78. The summed E-state index contributed by atoms with van der Waals surface area (Å²) in [5.41, 5.74) is 3.95. The van der Waals surface area contributed by atoms with E-state index in [4.69, 9.17) is 0 Å². The van der Waals surface area contributed by atoms with Crippen LogP contribution in [-0.2, 0) is 4.79 Å². The highest BCUT2D eigenvalue weighted by Gasteiger charge is 2.10. The van der Waals surface area contributed by atoms with Crippen LogP contribution in [0.15, 0.2) is 48.5 Å². The summed E-state index contributed by atoms with van der Waals surface area (Å²) < 4.78 is 0. The highest BCUT2D eigenvalue weighted by Crippen LogP contribution is 2.19. The summed E-state index contributed by atoms with van der Waals surface area (Å²) in [6, 6.07) is 12.2. The first-order chi connectivity index (χ1) is 11.4. The molecule has 0 aliphatic rings. The molecule has 0 unspecified atom stereocenters. The minimum Gasteiger partial charge on any atom is -0.346 e. The second-order valence-corrected chi connectivity index (χ2v) is 5.78. The van der Waals surface area contributed by atoms with Crippen molar-refractivity contribution < 1.29 is 9.72 Å². The monoisotopic (exact) mass is 324 g/mol. The molecular formula is C19H20N2O3. The van der Waals surface area contributed by atoms with Gasteiger partial charge in [0.15, 0.2) is 0 Å². The van der Waals surface area contributed by atoms with Crippen LogP contribution >= 0.6 is 0 Å². The summed E-state index contributed by atoms with van der Waals surface area (Å²) in [6.45, 7) is 5.96. The summed E-state index contributed by atoms with van der Waals surface area (Å²) >= 11 is 0. The fraction of sp³-hybridized carbons (Fsp3) is 0.211. The van der Waals surface area contributed by atoms with Crippen molar-refractivity contribution in [2.24, 2.45) is 0 Å². The number of carbonyl (C=O) groups is 1. The van der Waals surface area contributed by atoms with Gasteiger partial charge in [-0.3, -0.25) is 14.9 Å². The molecule has 2 aromatic carbocycles. The van der Waals surface area contributed by atoms with E-state index in [1.165, 1.54) is 18.2 Å². The topological polar surface area (TPSA) is 72.2 Å². The Hall–Kier alpha value is -2.95. The lowest BCUT2D eigenvalue weighted by atomic mass is 10.00. The maximum atomic E-state index is 12.1. The average molecular weight is 324 g/mol. The maximum Gasteiger partial charge on any atom is 0.270 e. The zero-order valence-corrected chi connectivity index (χ0v) is 13.9.